The molecule has 11 heteroatoms. The number of methoxy groups -OCH3 is 1. The van der Waals surface area contributed by atoms with Crippen LogP contribution < -0.4 is 5.32 Å². The molecule has 1 atom stereocenters. The molecule has 7 nitrogen and oxygen atoms in total. The molecule has 2 rings (SSSR count). The Morgan fingerprint density at radius 1 is 1.46 bits per heavy atom. The van der Waals surface area contributed by atoms with E-state index in [-0.39, 0.29) is 36.2 Å². The number of ether oxygens (including phenoxy) is 1. The fourth-order valence-electron chi connectivity index (χ4n) is 2.27. The Kier molecular flexibility index (Phi) is 6.10. The van der Waals surface area contributed by atoms with Gasteiger partial charge in [0.05, 0.1) is 12.5 Å². The van der Waals surface area contributed by atoms with E-state index in [0.717, 1.165) is 0 Å². The molecule has 0 bridgehead atoms. The average molecular weight is 366 g/mol. The Morgan fingerprint density at radius 2 is 2.21 bits per heavy atom. The molecule has 0 saturated carbocycles. The van der Waals surface area contributed by atoms with Crippen molar-refractivity contribution in [3.8, 4) is 0 Å². The maximum absolute atomic E-state index is 12.4. The molecule has 24 heavy (non-hydrogen) atoms. The number of halogens is 3. The number of nitrogens with zero attached hydrogens (tertiary/aromatic N) is 3. The van der Waals surface area contributed by atoms with E-state index in [2.05, 4.69) is 15.5 Å². The molecular weight excluding hydrogens is 349 g/mol. The van der Waals surface area contributed by atoms with E-state index >= 15 is 0 Å². The summed E-state index contributed by atoms with van der Waals surface area (Å²) >= 11 is 0.459. The molecule has 0 aliphatic carbocycles. The van der Waals surface area contributed by atoms with E-state index in [1.54, 1.807) is 4.90 Å². The highest BCUT2D eigenvalue weighted by molar-refractivity contribution is 7.11. The van der Waals surface area contributed by atoms with Gasteiger partial charge in [0, 0.05) is 39.6 Å². The number of hydrogen-bond donors (Lipinski definition) is 1. The predicted octanol–water partition coefficient (Wildman–Crippen LogP) is 0.710. The number of hydrogen-bond acceptors (Lipinski definition) is 6. The molecule has 1 fully saturated rings. The lowest BCUT2D eigenvalue weighted by Gasteiger charge is -2.15. The van der Waals surface area contributed by atoms with Crippen molar-refractivity contribution in [2.75, 3.05) is 33.4 Å². The lowest BCUT2D eigenvalue weighted by Crippen LogP contribution is -2.34. The fraction of sp³-hybridized carbons (Fsp3) is 0.692. The van der Waals surface area contributed by atoms with Gasteiger partial charge in [-0.05, 0) is 0 Å². The number of rotatable bonds is 7. The summed E-state index contributed by atoms with van der Waals surface area (Å²) in [6, 6.07) is 0. The fourth-order valence-corrected chi connectivity index (χ4v) is 2.98. The van der Waals surface area contributed by atoms with Crippen molar-refractivity contribution >= 4 is 23.2 Å². The highest BCUT2D eigenvalue weighted by Gasteiger charge is 2.36. The van der Waals surface area contributed by atoms with Gasteiger partial charge in [0.15, 0.2) is 0 Å². The van der Waals surface area contributed by atoms with E-state index in [1.165, 1.54) is 7.11 Å². The van der Waals surface area contributed by atoms with Crippen LogP contribution in [0.3, 0.4) is 0 Å². The maximum atomic E-state index is 12.4. The normalized spacial score (nSPS) is 18.2. The molecule has 1 aliphatic heterocycles. The first-order chi connectivity index (χ1) is 11.3. The van der Waals surface area contributed by atoms with Gasteiger partial charge in [0.2, 0.25) is 16.8 Å². The number of alkyl halides is 3. The largest absolute Gasteiger partial charge is 0.445 e. The molecule has 0 radical (unpaired) electrons. The molecule has 134 valence electrons. The summed E-state index contributed by atoms with van der Waals surface area (Å²) in [4.78, 5) is 25.3. The number of likely N-dealkylation sites (tertiary alicyclic amines) is 1. The van der Waals surface area contributed by atoms with Gasteiger partial charge in [0.25, 0.3) is 0 Å². The van der Waals surface area contributed by atoms with Gasteiger partial charge in [-0.25, -0.2) is 0 Å². The van der Waals surface area contributed by atoms with Gasteiger partial charge in [0.1, 0.15) is 5.01 Å². The first-order valence-electron chi connectivity index (χ1n) is 7.25. The van der Waals surface area contributed by atoms with Crippen molar-refractivity contribution in [3.05, 3.63) is 10.0 Å². The van der Waals surface area contributed by atoms with Crippen LogP contribution in [0.15, 0.2) is 0 Å². The van der Waals surface area contributed by atoms with Gasteiger partial charge >= 0.3 is 6.18 Å². The molecular formula is C13H17F3N4O3S. The second-order valence-corrected chi connectivity index (χ2v) is 6.34. The molecule has 0 aromatic carbocycles. The summed E-state index contributed by atoms with van der Waals surface area (Å²) in [7, 11) is 1.53. The molecule has 1 N–H and O–H groups in total. The highest BCUT2D eigenvalue weighted by Crippen LogP contribution is 2.31. The zero-order chi connectivity index (χ0) is 17.7. The quantitative estimate of drug-likeness (QED) is 0.768. The van der Waals surface area contributed by atoms with Gasteiger partial charge in [-0.2, -0.15) is 13.2 Å². The third-order valence-corrected chi connectivity index (χ3v) is 4.53. The summed E-state index contributed by atoms with van der Waals surface area (Å²) in [5, 5.41) is 8.36. The lowest BCUT2D eigenvalue weighted by atomic mass is 10.1. The average Bonchev–Trinajstić information content (AvgIpc) is 3.12. The molecule has 2 heterocycles. The van der Waals surface area contributed by atoms with Crippen molar-refractivity contribution in [1.29, 1.82) is 0 Å². The minimum absolute atomic E-state index is 0.105. The Bertz CT molecular complexity index is 593. The monoisotopic (exact) mass is 366 g/mol. The van der Waals surface area contributed by atoms with Gasteiger partial charge in [-0.3, -0.25) is 9.59 Å². The first kappa shape index (κ1) is 18.6. The smallest absolute Gasteiger partial charge is 0.383 e. The summed E-state index contributed by atoms with van der Waals surface area (Å²) < 4.78 is 42.1. The maximum Gasteiger partial charge on any atom is 0.445 e. The van der Waals surface area contributed by atoms with Crippen molar-refractivity contribution in [2.24, 2.45) is 5.92 Å². The number of carbonyl (C=O) groups is 2. The van der Waals surface area contributed by atoms with Crippen LogP contribution in [0.4, 0.5) is 13.2 Å². The second-order valence-electron chi connectivity index (χ2n) is 5.27. The standard InChI is InChI=1S/C13H17F3N4O3S/c1-23-5-4-20-7-8(6-10(20)21)11(22)17-3-2-9-18-19-12(24-9)13(14,15)16/h8H,2-7H2,1H3,(H,17,22)/t8-/m1/s1. The first-order valence-corrected chi connectivity index (χ1v) is 8.07. The zero-order valence-electron chi connectivity index (χ0n) is 12.9. The van der Waals surface area contributed by atoms with E-state index in [1.807, 2.05) is 0 Å². The predicted molar refractivity (Wildman–Crippen MR) is 78.2 cm³/mol. The molecule has 1 aromatic heterocycles. The van der Waals surface area contributed by atoms with Crippen LogP contribution in [-0.2, 0) is 26.9 Å². The van der Waals surface area contributed by atoms with Gasteiger partial charge < -0.3 is 15.0 Å². The van der Waals surface area contributed by atoms with Gasteiger partial charge in [-0.15, -0.1) is 10.2 Å². The third kappa shape index (κ3) is 4.87. The minimum atomic E-state index is -4.50. The number of carbonyl (C=O) groups excluding carboxylic acids is 2. The topological polar surface area (TPSA) is 84.4 Å². The Hall–Kier alpha value is -1.75. The van der Waals surface area contributed by atoms with Crippen LogP contribution in [0.25, 0.3) is 0 Å². The molecule has 0 spiro atoms. The van der Waals surface area contributed by atoms with Crippen molar-refractivity contribution in [2.45, 2.75) is 19.0 Å². The second kappa shape index (κ2) is 7.88. The minimum Gasteiger partial charge on any atom is -0.383 e. The molecule has 1 aromatic rings. The zero-order valence-corrected chi connectivity index (χ0v) is 13.7. The van der Waals surface area contributed by atoms with Crippen LogP contribution in [0.1, 0.15) is 16.4 Å². The number of amides is 2. The Morgan fingerprint density at radius 3 is 2.83 bits per heavy atom. The van der Waals surface area contributed by atoms with Crippen LogP contribution in [-0.4, -0.2) is 60.3 Å². The third-order valence-electron chi connectivity index (χ3n) is 3.50. The molecule has 1 aliphatic rings. The number of aromatic nitrogens is 2. The van der Waals surface area contributed by atoms with Crippen LogP contribution in [0, 0.1) is 5.92 Å². The molecule has 1 saturated heterocycles. The van der Waals surface area contributed by atoms with Crippen molar-refractivity contribution in [1.82, 2.24) is 20.4 Å². The van der Waals surface area contributed by atoms with Gasteiger partial charge in [-0.1, -0.05) is 11.3 Å². The van der Waals surface area contributed by atoms with Crippen LogP contribution in [0.2, 0.25) is 0 Å². The van der Waals surface area contributed by atoms with E-state index < -0.39 is 17.1 Å². The molecule has 0 unspecified atom stereocenters. The Labute approximate surface area is 140 Å². The summed E-state index contributed by atoms with van der Waals surface area (Å²) in [6.45, 7) is 1.31. The Balaban J connectivity index is 1.76. The summed E-state index contributed by atoms with van der Waals surface area (Å²) in [5.41, 5.74) is 0. The lowest BCUT2D eigenvalue weighted by molar-refractivity contribution is -0.138. The highest BCUT2D eigenvalue weighted by atomic mass is 32.1. The van der Waals surface area contributed by atoms with Crippen molar-refractivity contribution < 1.29 is 27.5 Å². The number of nitrogens with one attached hydrogen (secondary N) is 1. The van der Waals surface area contributed by atoms with Crippen LogP contribution >= 0.6 is 11.3 Å². The SMILES string of the molecule is COCCN1C[C@H](C(=O)NCCc2nnc(C(F)(F)F)s2)CC1=O. The van der Waals surface area contributed by atoms with E-state index in [0.29, 0.717) is 31.0 Å². The van der Waals surface area contributed by atoms with E-state index in [4.69, 9.17) is 4.74 Å². The summed E-state index contributed by atoms with van der Waals surface area (Å²) in [5.74, 6) is -0.843. The van der Waals surface area contributed by atoms with E-state index in [9.17, 15) is 22.8 Å². The summed E-state index contributed by atoms with van der Waals surface area (Å²) in [6.07, 6.45) is -4.21. The molecule has 2 amide bonds. The van der Waals surface area contributed by atoms with Crippen LogP contribution in [0.5, 0.6) is 0 Å². The van der Waals surface area contributed by atoms with Crippen molar-refractivity contribution in [3.63, 3.8) is 0 Å².